The van der Waals surface area contributed by atoms with Crippen molar-refractivity contribution in [2.24, 2.45) is 5.92 Å². The zero-order valence-electron chi connectivity index (χ0n) is 18.3. The van der Waals surface area contributed by atoms with E-state index in [0.29, 0.717) is 6.42 Å². The predicted molar refractivity (Wildman–Crippen MR) is 114 cm³/mol. The van der Waals surface area contributed by atoms with Crippen LogP contribution in [0.3, 0.4) is 0 Å². The van der Waals surface area contributed by atoms with Crippen molar-refractivity contribution in [3.05, 3.63) is 35.9 Å². The van der Waals surface area contributed by atoms with Crippen LogP contribution >= 0.6 is 0 Å². The van der Waals surface area contributed by atoms with Crippen LogP contribution in [0.1, 0.15) is 46.6 Å². The second kappa shape index (κ2) is 8.78. The highest BCUT2D eigenvalue weighted by atomic mass is 28.4. The van der Waals surface area contributed by atoms with Crippen LogP contribution in [0.2, 0.25) is 18.1 Å². The summed E-state index contributed by atoms with van der Waals surface area (Å²) in [4.78, 5) is 26.6. The lowest BCUT2D eigenvalue weighted by atomic mass is 10.0. The van der Waals surface area contributed by atoms with Crippen molar-refractivity contribution in [1.82, 2.24) is 4.90 Å². The van der Waals surface area contributed by atoms with E-state index in [9.17, 15) is 9.59 Å². The maximum Gasteiger partial charge on any atom is 0.416 e. The molecule has 0 unspecified atom stereocenters. The van der Waals surface area contributed by atoms with Gasteiger partial charge in [0.15, 0.2) is 8.32 Å². The Labute approximate surface area is 170 Å². The fraction of sp³-hybridized carbons (Fsp3) is 0.636. The molecule has 0 saturated carbocycles. The molecule has 0 bridgehead atoms. The minimum atomic E-state index is -2.02. The molecule has 1 aromatic carbocycles. The Kier molecular flexibility index (Phi) is 7.10. The van der Waals surface area contributed by atoms with Gasteiger partial charge in [-0.05, 0) is 36.0 Å². The number of carbonyl (C=O) groups excluding carboxylic acids is 2. The third kappa shape index (κ3) is 5.45. The normalized spacial score (nSPS) is 19.1. The fourth-order valence-corrected chi connectivity index (χ4v) is 4.51. The second-order valence-electron chi connectivity index (χ2n) is 9.55. The van der Waals surface area contributed by atoms with Gasteiger partial charge < -0.3 is 9.16 Å². The van der Waals surface area contributed by atoms with Crippen molar-refractivity contribution >= 4 is 20.3 Å². The Morgan fingerprint density at radius 2 is 1.86 bits per heavy atom. The number of imide groups is 1. The van der Waals surface area contributed by atoms with Gasteiger partial charge in [0, 0.05) is 0 Å². The van der Waals surface area contributed by atoms with Crippen LogP contribution < -0.4 is 0 Å². The average molecular weight is 406 g/mol. The smallest absolute Gasteiger partial charge is 0.416 e. The summed E-state index contributed by atoms with van der Waals surface area (Å²) in [6.45, 7) is 15.3. The Balaban J connectivity index is 2.11. The first kappa shape index (κ1) is 22.6. The molecule has 156 valence electrons. The average Bonchev–Trinajstić information content (AvgIpc) is 2.94. The van der Waals surface area contributed by atoms with Crippen molar-refractivity contribution in [2.75, 3.05) is 6.61 Å². The van der Waals surface area contributed by atoms with E-state index in [4.69, 9.17) is 9.16 Å². The van der Waals surface area contributed by atoms with Gasteiger partial charge in [-0.25, -0.2) is 9.69 Å². The lowest BCUT2D eigenvalue weighted by molar-refractivity contribution is -0.131. The number of benzene rings is 1. The molecule has 0 aromatic heterocycles. The molecule has 1 fully saturated rings. The summed E-state index contributed by atoms with van der Waals surface area (Å²) in [6.07, 6.45) is 0.0538. The van der Waals surface area contributed by atoms with Crippen molar-refractivity contribution in [1.29, 1.82) is 0 Å². The van der Waals surface area contributed by atoms with Crippen LogP contribution in [-0.4, -0.2) is 44.0 Å². The van der Waals surface area contributed by atoms with Gasteiger partial charge in [0.2, 0.25) is 5.91 Å². The molecule has 1 aliphatic heterocycles. The largest absolute Gasteiger partial charge is 0.447 e. The monoisotopic (exact) mass is 405 g/mol. The highest BCUT2D eigenvalue weighted by Crippen LogP contribution is 2.38. The summed E-state index contributed by atoms with van der Waals surface area (Å²) in [7, 11) is -2.02. The number of nitrogens with zero attached hydrogens (tertiary/aromatic N) is 1. The lowest BCUT2D eigenvalue weighted by Crippen LogP contribution is -2.48. The van der Waals surface area contributed by atoms with Crippen LogP contribution in [0, 0.1) is 5.92 Å². The summed E-state index contributed by atoms with van der Waals surface area (Å²) in [5.41, 5.74) is 1.08. The standard InChI is InChI=1S/C22H35NO4Si/c1-16(2)19(27-28(6,7)22(3,4)5)14-20(24)23-18(15-26-21(23)25)13-17-11-9-8-10-12-17/h8-12,16,18-19H,13-15H2,1-7H3/t18-,19+/m0/s1. The van der Waals surface area contributed by atoms with Gasteiger partial charge >= 0.3 is 6.09 Å². The number of hydrogen-bond acceptors (Lipinski definition) is 4. The molecule has 2 amide bonds. The Morgan fingerprint density at radius 3 is 2.39 bits per heavy atom. The SMILES string of the molecule is CC(C)[C@@H](CC(=O)N1C(=O)OC[C@@H]1Cc1ccccc1)O[Si](C)(C)C(C)(C)C. The van der Waals surface area contributed by atoms with E-state index in [-0.39, 0.29) is 42.0 Å². The molecule has 0 radical (unpaired) electrons. The van der Waals surface area contributed by atoms with Crippen molar-refractivity contribution in [2.45, 2.75) is 77.7 Å². The molecule has 5 nitrogen and oxygen atoms in total. The molecule has 6 heteroatoms. The predicted octanol–water partition coefficient (Wildman–Crippen LogP) is 5.01. The fourth-order valence-electron chi connectivity index (χ4n) is 3.04. The van der Waals surface area contributed by atoms with Crippen LogP contribution in [-0.2, 0) is 20.4 Å². The molecular weight excluding hydrogens is 370 g/mol. The summed E-state index contributed by atoms with van der Waals surface area (Å²) in [5, 5.41) is 0.0611. The molecule has 28 heavy (non-hydrogen) atoms. The maximum atomic E-state index is 13.1. The number of hydrogen-bond donors (Lipinski definition) is 0. The van der Waals surface area contributed by atoms with E-state index in [1.807, 2.05) is 30.3 Å². The summed E-state index contributed by atoms with van der Waals surface area (Å²) in [5.74, 6) is -0.0230. The van der Waals surface area contributed by atoms with Crippen molar-refractivity contribution < 1.29 is 18.8 Å². The quantitative estimate of drug-likeness (QED) is 0.598. The number of rotatable bonds is 7. The molecule has 1 aliphatic rings. The summed E-state index contributed by atoms with van der Waals surface area (Å²) in [6, 6.07) is 9.62. The Bertz CT molecular complexity index is 682. The van der Waals surface area contributed by atoms with Gasteiger partial charge in [0.1, 0.15) is 6.61 Å². The van der Waals surface area contributed by atoms with Gasteiger partial charge in [-0.3, -0.25) is 4.79 Å². The number of ether oxygens (including phenoxy) is 1. The first-order chi connectivity index (χ1) is 12.9. The lowest BCUT2D eigenvalue weighted by Gasteiger charge is -2.40. The van der Waals surface area contributed by atoms with Crippen molar-refractivity contribution in [3.8, 4) is 0 Å². The van der Waals surface area contributed by atoms with Crippen LogP contribution in [0.5, 0.6) is 0 Å². The summed E-state index contributed by atoms with van der Waals surface area (Å²) < 4.78 is 11.7. The van der Waals surface area contributed by atoms with Crippen LogP contribution in [0.25, 0.3) is 0 Å². The zero-order chi connectivity index (χ0) is 21.1. The molecule has 1 heterocycles. The number of cyclic esters (lactones) is 1. The molecule has 0 spiro atoms. The zero-order valence-corrected chi connectivity index (χ0v) is 19.3. The highest BCUT2D eigenvalue weighted by molar-refractivity contribution is 6.74. The van der Waals surface area contributed by atoms with E-state index in [2.05, 4.69) is 47.7 Å². The minimum absolute atomic E-state index is 0.0611. The highest BCUT2D eigenvalue weighted by Gasteiger charge is 2.42. The van der Waals surface area contributed by atoms with Gasteiger partial charge in [0.25, 0.3) is 0 Å². The molecule has 2 rings (SSSR count). The van der Waals surface area contributed by atoms with Crippen LogP contribution in [0.4, 0.5) is 4.79 Å². The molecule has 0 N–H and O–H groups in total. The van der Waals surface area contributed by atoms with E-state index in [1.54, 1.807) is 0 Å². The molecule has 0 aliphatic carbocycles. The third-order valence-corrected chi connectivity index (χ3v) is 10.4. The Morgan fingerprint density at radius 1 is 1.25 bits per heavy atom. The summed E-state index contributed by atoms with van der Waals surface area (Å²) >= 11 is 0. The maximum absolute atomic E-state index is 13.1. The van der Waals surface area contributed by atoms with Gasteiger partial charge in [0.05, 0.1) is 18.6 Å². The first-order valence-corrected chi connectivity index (χ1v) is 13.0. The topological polar surface area (TPSA) is 55.8 Å². The second-order valence-corrected chi connectivity index (χ2v) is 14.3. The minimum Gasteiger partial charge on any atom is -0.447 e. The molecule has 2 atom stereocenters. The van der Waals surface area contributed by atoms with E-state index in [0.717, 1.165) is 5.56 Å². The first-order valence-electron chi connectivity index (χ1n) is 10.1. The van der Waals surface area contributed by atoms with Gasteiger partial charge in [-0.1, -0.05) is 65.0 Å². The van der Waals surface area contributed by atoms with Crippen LogP contribution in [0.15, 0.2) is 30.3 Å². The number of carbonyl (C=O) groups is 2. The van der Waals surface area contributed by atoms with E-state index in [1.165, 1.54) is 4.90 Å². The molecular formula is C22H35NO4Si. The Hall–Kier alpha value is -1.66. The number of amides is 2. The van der Waals surface area contributed by atoms with E-state index < -0.39 is 14.4 Å². The van der Waals surface area contributed by atoms with Gasteiger partial charge in [-0.2, -0.15) is 0 Å². The van der Waals surface area contributed by atoms with Crippen molar-refractivity contribution in [3.63, 3.8) is 0 Å². The molecule has 1 aromatic rings. The van der Waals surface area contributed by atoms with E-state index >= 15 is 0 Å². The molecule has 1 saturated heterocycles. The third-order valence-electron chi connectivity index (χ3n) is 5.92. The van der Waals surface area contributed by atoms with Gasteiger partial charge in [-0.15, -0.1) is 0 Å².